The van der Waals surface area contributed by atoms with E-state index in [1.165, 1.54) is 38.5 Å². The summed E-state index contributed by atoms with van der Waals surface area (Å²) in [7, 11) is 0. The Balaban J connectivity index is 1.24. The van der Waals surface area contributed by atoms with Crippen molar-refractivity contribution in [3.8, 4) is 0 Å². The first-order chi connectivity index (χ1) is 12.6. The van der Waals surface area contributed by atoms with Crippen molar-refractivity contribution in [2.45, 2.75) is 57.4 Å². The highest BCUT2D eigenvalue weighted by molar-refractivity contribution is 5.93. The van der Waals surface area contributed by atoms with Gasteiger partial charge in [0.15, 0.2) is 0 Å². The van der Waals surface area contributed by atoms with Crippen LogP contribution in [0.1, 0.15) is 61.6 Å². The lowest BCUT2D eigenvalue weighted by Crippen LogP contribution is -2.64. The molecule has 0 unspecified atom stereocenters. The lowest BCUT2D eigenvalue weighted by atomic mass is 9.52. The molecule has 1 aromatic heterocycles. The van der Waals surface area contributed by atoms with E-state index in [1.807, 2.05) is 11.8 Å². The van der Waals surface area contributed by atoms with Crippen molar-refractivity contribution in [3.05, 3.63) is 23.8 Å². The van der Waals surface area contributed by atoms with Gasteiger partial charge in [0.2, 0.25) is 0 Å². The molecule has 5 nitrogen and oxygen atoms in total. The highest BCUT2D eigenvalue weighted by Crippen LogP contribution is 2.57. The van der Waals surface area contributed by atoms with Crippen molar-refractivity contribution in [2.75, 3.05) is 26.2 Å². The maximum absolute atomic E-state index is 12.8. The Morgan fingerprint density at radius 2 is 1.54 bits per heavy atom. The van der Waals surface area contributed by atoms with Crippen LogP contribution < -0.4 is 0 Å². The van der Waals surface area contributed by atoms with Gasteiger partial charge < -0.3 is 4.90 Å². The Morgan fingerprint density at radius 3 is 2.04 bits per heavy atom. The summed E-state index contributed by atoms with van der Waals surface area (Å²) >= 11 is 0. The van der Waals surface area contributed by atoms with E-state index < -0.39 is 0 Å². The van der Waals surface area contributed by atoms with Crippen molar-refractivity contribution < 1.29 is 4.79 Å². The van der Waals surface area contributed by atoms with Crippen molar-refractivity contribution in [1.29, 1.82) is 0 Å². The van der Waals surface area contributed by atoms with Crippen LogP contribution in [0.2, 0.25) is 0 Å². The molecule has 1 aliphatic heterocycles. The number of nitrogens with zero attached hydrogens (tertiary/aromatic N) is 4. The number of hydrogen-bond acceptors (Lipinski definition) is 4. The molecule has 0 radical (unpaired) electrons. The molecule has 5 aliphatic rings. The third-order valence-electron chi connectivity index (χ3n) is 7.51. The minimum atomic E-state index is 0.0952. The molecule has 4 bridgehead atoms. The fraction of sp³-hybridized carbons (Fsp3) is 0.762. The highest BCUT2D eigenvalue weighted by atomic mass is 16.2. The average molecular weight is 354 g/mol. The van der Waals surface area contributed by atoms with Crippen molar-refractivity contribution in [1.82, 2.24) is 19.8 Å². The second-order valence-electron chi connectivity index (χ2n) is 9.16. The molecule has 0 atom stereocenters. The fourth-order valence-corrected chi connectivity index (χ4v) is 6.67. The van der Waals surface area contributed by atoms with Crippen LogP contribution in [0.3, 0.4) is 0 Å². The quantitative estimate of drug-likeness (QED) is 0.837. The summed E-state index contributed by atoms with van der Waals surface area (Å²) in [6.45, 7) is 5.78. The highest BCUT2D eigenvalue weighted by Gasteiger charge is 2.53. The van der Waals surface area contributed by atoms with Gasteiger partial charge in [0, 0.05) is 50.5 Å². The van der Waals surface area contributed by atoms with Crippen molar-refractivity contribution >= 4 is 5.91 Å². The molecule has 26 heavy (non-hydrogen) atoms. The second-order valence-corrected chi connectivity index (χ2v) is 9.16. The third kappa shape index (κ3) is 2.75. The van der Waals surface area contributed by atoms with Crippen LogP contribution in [0, 0.1) is 17.8 Å². The largest absolute Gasteiger partial charge is 0.336 e. The summed E-state index contributed by atoms with van der Waals surface area (Å²) in [6.07, 6.45) is 12.9. The summed E-state index contributed by atoms with van der Waals surface area (Å²) in [5.41, 5.74) is 1.10. The van der Waals surface area contributed by atoms with Gasteiger partial charge in [-0.1, -0.05) is 6.92 Å². The number of amides is 1. The SMILES string of the molecule is CCc1ncc(C(=O)N2CCN(C34CC5CC(CC(C5)C3)C4)CC2)cn1. The number of aryl methyl sites for hydroxylation is 1. The molecule has 1 saturated heterocycles. The first-order valence-electron chi connectivity index (χ1n) is 10.5. The molecule has 0 N–H and O–H groups in total. The molecule has 1 amide bonds. The fourth-order valence-electron chi connectivity index (χ4n) is 6.67. The van der Waals surface area contributed by atoms with Gasteiger partial charge in [0.1, 0.15) is 5.82 Å². The normalized spacial score (nSPS) is 36.5. The van der Waals surface area contributed by atoms with E-state index >= 15 is 0 Å². The van der Waals surface area contributed by atoms with E-state index in [4.69, 9.17) is 0 Å². The molecule has 6 rings (SSSR count). The zero-order valence-electron chi connectivity index (χ0n) is 15.9. The minimum absolute atomic E-state index is 0.0952. The smallest absolute Gasteiger partial charge is 0.257 e. The van der Waals surface area contributed by atoms with Crippen LogP contribution in [0.25, 0.3) is 0 Å². The molecule has 5 fully saturated rings. The van der Waals surface area contributed by atoms with Gasteiger partial charge in [0.25, 0.3) is 5.91 Å². The summed E-state index contributed by atoms with van der Waals surface area (Å²) in [4.78, 5) is 26.1. The van der Waals surface area contributed by atoms with E-state index in [0.29, 0.717) is 11.1 Å². The lowest BCUT2D eigenvalue weighted by molar-refractivity contribution is -0.0987. The first kappa shape index (κ1) is 16.7. The molecule has 4 aliphatic carbocycles. The molecular formula is C21H30N4O. The van der Waals surface area contributed by atoms with Gasteiger partial charge in [0.05, 0.1) is 5.56 Å². The number of carbonyl (C=O) groups is 1. The van der Waals surface area contributed by atoms with Gasteiger partial charge in [-0.2, -0.15) is 0 Å². The van der Waals surface area contributed by atoms with Crippen molar-refractivity contribution in [2.24, 2.45) is 17.8 Å². The number of hydrogen-bond donors (Lipinski definition) is 0. The molecule has 0 spiro atoms. The molecule has 1 aromatic rings. The number of piperazine rings is 1. The van der Waals surface area contributed by atoms with Gasteiger partial charge >= 0.3 is 0 Å². The summed E-state index contributed by atoms with van der Waals surface area (Å²) < 4.78 is 0. The van der Waals surface area contributed by atoms with Crippen LogP contribution in [0.5, 0.6) is 0 Å². The Labute approximate surface area is 156 Å². The standard InChI is InChI=1S/C21H30N4O/c1-2-19-22-13-18(14-23-19)20(26)24-3-5-25(6-4-24)21-10-15-7-16(11-21)9-17(8-15)12-21/h13-17H,2-12H2,1H3. The Bertz CT molecular complexity index is 642. The van der Waals surface area contributed by atoms with E-state index in [0.717, 1.165) is 56.2 Å². The lowest BCUT2D eigenvalue weighted by Gasteiger charge is -2.61. The molecule has 5 heteroatoms. The first-order valence-corrected chi connectivity index (χ1v) is 10.5. The van der Waals surface area contributed by atoms with Crippen LogP contribution in [-0.2, 0) is 6.42 Å². The Kier molecular flexibility index (Phi) is 4.03. The molecule has 4 saturated carbocycles. The summed E-state index contributed by atoms with van der Waals surface area (Å²) in [5, 5.41) is 0. The average Bonchev–Trinajstić information content (AvgIpc) is 2.67. The zero-order chi connectivity index (χ0) is 17.7. The minimum Gasteiger partial charge on any atom is -0.336 e. The summed E-state index contributed by atoms with van der Waals surface area (Å²) in [6, 6.07) is 0. The van der Waals surface area contributed by atoms with Gasteiger partial charge in [-0.05, 0) is 56.3 Å². The molecular weight excluding hydrogens is 324 g/mol. The maximum atomic E-state index is 12.8. The van der Waals surface area contributed by atoms with E-state index in [2.05, 4.69) is 14.9 Å². The Hall–Kier alpha value is -1.49. The maximum Gasteiger partial charge on any atom is 0.257 e. The van der Waals surface area contributed by atoms with Gasteiger partial charge in [-0.3, -0.25) is 9.69 Å². The molecule has 2 heterocycles. The zero-order valence-corrected chi connectivity index (χ0v) is 15.9. The monoisotopic (exact) mass is 354 g/mol. The van der Waals surface area contributed by atoms with Gasteiger partial charge in [-0.15, -0.1) is 0 Å². The van der Waals surface area contributed by atoms with Crippen LogP contribution in [-0.4, -0.2) is 57.4 Å². The van der Waals surface area contributed by atoms with Gasteiger partial charge in [-0.25, -0.2) is 9.97 Å². The number of aromatic nitrogens is 2. The third-order valence-corrected chi connectivity index (χ3v) is 7.51. The topological polar surface area (TPSA) is 49.3 Å². The second kappa shape index (κ2) is 6.29. The molecule has 0 aromatic carbocycles. The molecule has 140 valence electrons. The van der Waals surface area contributed by atoms with E-state index in [-0.39, 0.29) is 5.91 Å². The van der Waals surface area contributed by atoms with Crippen molar-refractivity contribution in [3.63, 3.8) is 0 Å². The van der Waals surface area contributed by atoms with E-state index in [9.17, 15) is 4.79 Å². The Morgan fingerprint density at radius 1 is 1.00 bits per heavy atom. The van der Waals surface area contributed by atoms with E-state index in [1.54, 1.807) is 12.4 Å². The van der Waals surface area contributed by atoms with Crippen LogP contribution >= 0.6 is 0 Å². The number of carbonyl (C=O) groups excluding carboxylic acids is 1. The van der Waals surface area contributed by atoms with Crippen LogP contribution in [0.4, 0.5) is 0 Å². The predicted molar refractivity (Wildman–Crippen MR) is 99.8 cm³/mol. The number of rotatable bonds is 3. The predicted octanol–water partition coefficient (Wildman–Crippen LogP) is 2.77. The van der Waals surface area contributed by atoms with Crippen LogP contribution in [0.15, 0.2) is 12.4 Å². The summed E-state index contributed by atoms with van der Waals surface area (Å²) in [5.74, 6) is 3.84.